The number of rotatable bonds is 6. The topological polar surface area (TPSA) is 82.7 Å². The van der Waals surface area contributed by atoms with Gasteiger partial charge in [-0.15, -0.1) is 0 Å². The van der Waals surface area contributed by atoms with Crippen molar-refractivity contribution in [1.82, 2.24) is 0 Å². The lowest BCUT2D eigenvalue weighted by molar-refractivity contribution is 0.313. The molecule has 0 amide bonds. The van der Waals surface area contributed by atoms with Crippen LogP contribution in [0.4, 0.5) is 5.69 Å². The van der Waals surface area contributed by atoms with E-state index in [1.165, 1.54) is 0 Å². The van der Waals surface area contributed by atoms with Gasteiger partial charge in [0.15, 0.2) is 0 Å². The Bertz CT molecular complexity index is 381. The van der Waals surface area contributed by atoms with E-state index >= 15 is 0 Å². The molecule has 0 aliphatic heterocycles. The summed E-state index contributed by atoms with van der Waals surface area (Å²) in [6.45, 7) is 0.992. The second kappa shape index (κ2) is 7.25. The first-order chi connectivity index (χ1) is 7.86. The van der Waals surface area contributed by atoms with E-state index in [0.29, 0.717) is 19.6 Å². The molecular formula is C10H13N5O. The molecule has 84 valence electrons. The highest BCUT2D eigenvalue weighted by Crippen LogP contribution is 2.18. The van der Waals surface area contributed by atoms with Gasteiger partial charge in [0.25, 0.3) is 0 Å². The van der Waals surface area contributed by atoms with Gasteiger partial charge in [-0.25, -0.2) is 0 Å². The Morgan fingerprint density at radius 1 is 1.31 bits per heavy atom. The Morgan fingerprint density at radius 2 is 2.06 bits per heavy atom. The van der Waals surface area contributed by atoms with Gasteiger partial charge in [0.1, 0.15) is 5.75 Å². The molecule has 0 radical (unpaired) electrons. The van der Waals surface area contributed by atoms with Crippen LogP contribution >= 0.6 is 0 Å². The van der Waals surface area contributed by atoms with Crippen molar-refractivity contribution in [3.63, 3.8) is 0 Å². The molecule has 0 aliphatic rings. The average molecular weight is 219 g/mol. The van der Waals surface area contributed by atoms with E-state index in [2.05, 4.69) is 20.3 Å². The van der Waals surface area contributed by atoms with Crippen molar-refractivity contribution < 1.29 is 4.74 Å². The molecule has 0 atom stereocenters. The van der Waals surface area contributed by atoms with Crippen molar-refractivity contribution in [2.45, 2.75) is 6.42 Å². The molecule has 0 bridgehead atoms. The summed E-state index contributed by atoms with van der Waals surface area (Å²) in [5, 5.41) is 11.0. The molecule has 0 saturated heterocycles. The molecular weight excluding hydrogens is 206 g/mol. The molecule has 0 N–H and O–H groups in total. The van der Waals surface area contributed by atoms with E-state index in [0.717, 1.165) is 11.4 Å². The van der Waals surface area contributed by atoms with Gasteiger partial charge in [-0.05, 0) is 36.2 Å². The van der Waals surface area contributed by atoms with Crippen LogP contribution < -0.4 is 4.74 Å². The molecule has 6 heteroatoms. The number of nitrogens with zero attached hydrogens (tertiary/aromatic N) is 5. The third kappa shape index (κ3) is 4.43. The fourth-order valence-electron chi connectivity index (χ4n) is 1.09. The van der Waals surface area contributed by atoms with E-state index in [-0.39, 0.29) is 0 Å². The summed E-state index contributed by atoms with van der Waals surface area (Å²) in [5.41, 5.74) is 8.86. The average Bonchev–Trinajstić information content (AvgIpc) is 2.31. The number of hydrogen-bond acceptors (Lipinski definition) is 4. The summed E-state index contributed by atoms with van der Waals surface area (Å²) >= 11 is 0. The third-order valence-electron chi connectivity index (χ3n) is 1.79. The van der Waals surface area contributed by atoms with Gasteiger partial charge in [0, 0.05) is 18.5 Å². The van der Waals surface area contributed by atoms with E-state index < -0.39 is 0 Å². The first-order valence-electron chi connectivity index (χ1n) is 4.90. The lowest BCUT2D eigenvalue weighted by Crippen LogP contribution is -1.98. The standard InChI is InChI=1S/C10H13N5O/c1-12-14-9-3-5-10(6-4-9)16-8-2-7-13-15-11/h3-6H,2,7-8H2,1H3. The first-order valence-corrected chi connectivity index (χ1v) is 4.90. The van der Waals surface area contributed by atoms with Crippen molar-refractivity contribution in [3.8, 4) is 5.75 Å². The fraction of sp³-hybridized carbons (Fsp3) is 0.400. The Hall–Kier alpha value is -2.07. The van der Waals surface area contributed by atoms with Crippen LogP contribution in [0.15, 0.2) is 39.6 Å². The Kier molecular flexibility index (Phi) is 5.44. The molecule has 1 aromatic carbocycles. The molecule has 1 rings (SSSR count). The summed E-state index contributed by atoms with van der Waals surface area (Å²) in [5.74, 6) is 0.774. The van der Waals surface area contributed by atoms with Crippen molar-refractivity contribution >= 4 is 5.69 Å². The van der Waals surface area contributed by atoms with Crippen molar-refractivity contribution in [2.24, 2.45) is 15.3 Å². The van der Waals surface area contributed by atoms with E-state index in [1.807, 2.05) is 24.3 Å². The predicted molar refractivity (Wildman–Crippen MR) is 61.0 cm³/mol. The zero-order valence-corrected chi connectivity index (χ0v) is 9.08. The Morgan fingerprint density at radius 3 is 2.69 bits per heavy atom. The molecule has 0 aliphatic carbocycles. The number of azo groups is 1. The molecule has 16 heavy (non-hydrogen) atoms. The molecule has 0 spiro atoms. The first kappa shape index (κ1) is 12.0. The van der Waals surface area contributed by atoms with Crippen molar-refractivity contribution in [1.29, 1.82) is 0 Å². The number of hydrogen-bond donors (Lipinski definition) is 0. The maximum atomic E-state index is 8.06. The van der Waals surface area contributed by atoms with Gasteiger partial charge in [-0.3, -0.25) is 0 Å². The monoisotopic (exact) mass is 219 g/mol. The van der Waals surface area contributed by atoms with Crippen LogP contribution in [0, 0.1) is 0 Å². The lowest BCUT2D eigenvalue weighted by atomic mass is 10.3. The summed E-state index contributed by atoms with van der Waals surface area (Å²) in [6, 6.07) is 7.32. The van der Waals surface area contributed by atoms with Crippen LogP contribution in [0.5, 0.6) is 5.75 Å². The van der Waals surface area contributed by atoms with E-state index in [9.17, 15) is 0 Å². The van der Waals surface area contributed by atoms with Gasteiger partial charge in [0.2, 0.25) is 0 Å². The summed E-state index contributed by atoms with van der Waals surface area (Å²) < 4.78 is 5.43. The van der Waals surface area contributed by atoms with E-state index in [1.54, 1.807) is 7.05 Å². The minimum Gasteiger partial charge on any atom is -0.494 e. The van der Waals surface area contributed by atoms with Crippen LogP contribution in [-0.2, 0) is 0 Å². The highest BCUT2D eigenvalue weighted by atomic mass is 16.5. The molecule has 0 unspecified atom stereocenters. The zero-order chi connectivity index (χ0) is 11.6. The normalized spacial score (nSPS) is 10.1. The van der Waals surface area contributed by atoms with Crippen LogP contribution in [0.1, 0.15) is 6.42 Å². The Labute approximate surface area is 93.6 Å². The van der Waals surface area contributed by atoms with Crippen molar-refractivity contribution in [2.75, 3.05) is 20.2 Å². The number of benzene rings is 1. The van der Waals surface area contributed by atoms with Crippen LogP contribution in [0.25, 0.3) is 10.4 Å². The third-order valence-corrected chi connectivity index (χ3v) is 1.79. The maximum Gasteiger partial charge on any atom is 0.119 e. The van der Waals surface area contributed by atoms with Gasteiger partial charge in [0.05, 0.1) is 12.3 Å². The van der Waals surface area contributed by atoms with Crippen LogP contribution in [0.3, 0.4) is 0 Å². The summed E-state index contributed by atoms with van der Waals surface area (Å²) in [7, 11) is 1.63. The van der Waals surface area contributed by atoms with Gasteiger partial charge < -0.3 is 4.74 Å². The molecule has 0 heterocycles. The largest absolute Gasteiger partial charge is 0.494 e. The molecule has 6 nitrogen and oxygen atoms in total. The van der Waals surface area contributed by atoms with Crippen LogP contribution in [0.2, 0.25) is 0 Å². The zero-order valence-electron chi connectivity index (χ0n) is 9.08. The van der Waals surface area contributed by atoms with Gasteiger partial charge in [-0.2, -0.15) is 10.2 Å². The van der Waals surface area contributed by atoms with Crippen molar-refractivity contribution in [3.05, 3.63) is 34.7 Å². The van der Waals surface area contributed by atoms with Gasteiger partial charge in [-0.1, -0.05) is 5.11 Å². The maximum absolute atomic E-state index is 8.06. The second-order valence-corrected chi connectivity index (χ2v) is 2.95. The van der Waals surface area contributed by atoms with Crippen LogP contribution in [-0.4, -0.2) is 20.2 Å². The predicted octanol–water partition coefficient (Wildman–Crippen LogP) is 3.48. The highest BCUT2D eigenvalue weighted by Gasteiger charge is 1.94. The smallest absolute Gasteiger partial charge is 0.119 e. The highest BCUT2D eigenvalue weighted by molar-refractivity contribution is 5.40. The molecule has 1 aromatic rings. The molecule has 0 saturated carbocycles. The van der Waals surface area contributed by atoms with Gasteiger partial charge >= 0.3 is 0 Å². The minimum atomic E-state index is 0.457. The fourth-order valence-corrected chi connectivity index (χ4v) is 1.09. The molecule has 0 aromatic heterocycles. The lowest BCUT2D eigenvalue weighted by Gasteiger charge is -2.04. The Balaban J connectivity index is 2.34. The molecule has 0 fully saturated rings. The summed E-state index contributed by atoms with van der Waals surface area (Å²) in [4.78, 5) is 2.66. The SMILES string of the molecule is CN=Nc1ccc(OCCCN=[N+]=[N-])cc1. The minimum absolute atomic E-state index is 0.457. The second-order valence-electron chi connectivity index (χ2n) is 2.95. The quantitative estimate of drug-likeness (QED) is 0.312. The number of ether oxygens (including phenoxy) is 1. The summed E-state index contributed by atoms with van der Waals surface area (Å²) in [6.07, 6.45) is 0.709. The number of azide groups is 1. The van der Waals surface area contributed by atoms with E-state index in [4.69, 9.17) is 10.3 Å².